The fourth-order valence-corrected chi connectivity index (χ4v) is 4.63. The van der Waals surface area contributed by atoms with Crippen LogP contribution >= 0.6 is 22.7 Å². The van der Waals surface area contributed by atoms with E-state index in [0.717, 1.165) is 15.6 Å². The number of thiazole rings is 1. The Labute approximate surface area is 121 Å². The molecular weight excluding hydrogens is 300 g/mol. The number of nitrogens with one attached hydrogen (secondary N) is 1. The molecule has 19 heavy (non-hydrogen) atoms. The molecule has 0 aromatic carbocycles. The Kier molecular flexibility index (Phi) is 4.39. The van der Waals surface area contributed by atoms with Gasteiger partial charge in [-0.25, -0.2) is 18.1 Å². The van der Waals surface area contributed by atoms with Crippen LogP contribution in [-0.4, -0.2) is 13.4 Å². The van der Waals surface area contributed by atoms with Gasteiger partial charge in [0.25, 0.3) is 0 Å². The molecule has 0 amide bonds. The van der Waals surface area contributed by atoms with Crippen molar-refractivity contribution in [3.8, 4) is 0 Å². The highest BCUT2D eigenvalue weighted by Crippen LogP contribution is 2.22. The number of hydrogen-bond donors (Lipinski definition) is 1. The summed E-state index contributed by atoms with van der Waals surface area (Å²) in [6.07, 6.45) is 0. The summed E-state index contributed by atoms with van der Waals surface area (Å²) in [6.45, 7) is 6.27. The van der Waals surface area contributed by atoms with E-state index in [1.807, 2.05) is 12.3 Å². The van der Waals surface area contributed by atoms with Gasteiger partial charge < -0.3 is 0 Å². The quantitative estimate of drug-likeness (QED) is 0.922. The molecule has 0 unspecified atom stereocenters. The maximum absolute atomic E-state index is 12.0. The third kappa shape index (κ3) is 3.62. The van der Waals surface area contributed by atoms with Gasteiger partial charge in [0.1, 0.15) is 4.21 Å². The summed E-state index contributed by atoms with van der Waals surface area (Å²) < 4.78 is 27.0. The van der Waals surface area contributed by atoms with Crippen LogP contribution in [0.15, 0.2) is 21.7 Å². The summed E-state index contributed by atoms with van der Waals surface area (Å²) in [5.41, 5.74) is 0.769. The highest BCUT2D eigenvalue weighted by molar-refractivity contribution is 7.91. The number of aromatic nitrogens is 1. The number of rotatable bonds is 5. The molecule has 0 spiro atoms. The predicted octanol–water partition coefficient (Wildman–Crippen LogP) is 3.11. The Morgan fingerprint density at radius 1 is 1.37 bits per heavy atom. The first-order chi connectivity index (χ1) is 8.88. The van der Waals surface area contributed by atoms with Crippen molar-refractivity contribution >= 4 is 32.7 Å². The van der Waals surface area contributed by atoms with Gasteiger partial charge in [0, 0.05) is 16.2 Å². The zero-order valence-corrected chi connectivity index (χ0v) is 13.5. The molecule has 1 N–H and O–H groups in total. The van der Waals surface area contributed by atoms with Crippen LogP contribution in [0.2, 0.25) is 0 Å². The number of sulfonamides is 1. The molecule has 0 saturated carbocycles. The minimum atomic E-state index is -3.42. The standard InChI is InChI=1S/C12H16N2O2S3/c1-8(2)12-14-10(7-17-12)6-13-19(15,16)11-5-4-9(3)18-11/h4-5,7-8,13H,6H2,1-3H3. The first kappa shape index (κ1) is 14.6. The second kappa shape index (κ2) is 5.70. The van der Waals surface area contributed by atoms with E-state index in [1.165, 1.54) is 11.3 Å². The average Bonchev–Trinajstić information content (AvgIpc) is 2.95. The van der Waals surface area contributed by atoms with Crippen LogP contribution in [0.4, 0.5) is 0 Å². The lowest BCUT2D eigenvalue weighted by atomic mass is 10.2. The lowest BCUT2D eigenvalue weighted by molar-refractivity contribution is 0.582. The first-order valence-electron chi connectivity index (χ1n) is 5.89. The van der Waals surface area contributed by atoms with Crippen molar-refractivity contribution in [3.05, 3.63) is 33.1 Å². The Hall–Kier alpha value is -0.760. The van der Waals surface area contributed by atoms with Gasteiger partial charge in [0.2, 0.25) is 10.0 Å². The summed E-state index contributed by atoms with van der Waals surface area (Å²) in [5, 5.41) is 2.93. The van der Waals surface area contributed by atoms with Gasteiger partial charge in [0.05, 0.1) is 17.2 Å². The molecule has 2 aromatic rings. The smallest absolute Gasteiger partial charge is 0.245 e. The fraction of sp³-hybridized carbons (Fsp3) is 0.417. The van der Waals surface area contributed by atoms with Gasteiger partial charge in [-0.1, -0.05) is 13.8 Å². The Balaban J connectivity index is 2.05. The van der Waals surface area contributed by atoms with Gasteiger partial charge in [-0.3, -0.25) is 0 Å². The zero-order chi connectivity index (χ0) is 14.0. The average molecular weight is 316 g/mol. The van der Waals surface area contributed by atoms with E-state index in [-0.39, 0.29) is 6.54 Å². The molecule has 0 aliphatic rings. The van der Waals surface area contributed by atoms with E-state index in [1.54, 1.807) is 23.5 Å². The van der Waals surface area contributed by atoms with Gasteiger partial charge in [0.15, 0.2) is 0 Å². The molecule has 0 atom stereocenters. The minimum Gasteiger partial charge on any atom is -0.245 e. The van der Waals surface area contributed by atoms with E-state index in [2.05, 4.69) is 23.6 Å². The molecule has 0 fully saturated rings. The topological polar surface area (TPSA) is 59.1 Å². The number of thiophene rings is 1. The maximum Gasteiger partial charge on any atom is 0.250 e. The molecule has 2 aromatic heterocycles. The summed E-state index contributed by atoms with van der Waals surface area (Å²) >= 11 is 2.84. The van der Waals surface area contributed by atoms with Crippen LogP contribution in [0, 0.1) is 6.92 Å². The number of hydrogen-bond acceptors (Lipinski definition) is 5. The molecule has 0 bridgehead atoms. The molecule has 2 heterocycles. The fourth-order valence-electron chi connectivity index (χ4n) is 1.47. The molecular formula is C12H16N2O2S3. The van der Waals surface area contributed by atoms with Gasteiger partial charge in [-0.15, -0.1) is 22.7 Å². The normalized spacial score (nSPS) is 12.2. The zero-order valence-electron chi connectivity index (χ0n) is 11.0. The van der Waals surface area contributed by atoms with Gasteiger partial charge in [-0.2, -0.15) is 0 Å². The van der Waals surface area contributed by atoms with E-state index >= 15 is 0 Å². The molecule has 7 heteroatoms. The van der Waals surface area contributed by atoms with Crippen molar-refractivity contribution in [2.45, 2.75) is 37.4 Å². The monoisotopic (exact) mass is 316 g/mol. The molecule has 0 radical (unpaired) electrons. The highest BCUT2D eigenvalue weighted by atomic mass is 32.2. The van der Waals surface area contributed by atoms with E-state index in [0.29, 0.717) is 10.1 Å². The number of nitrogens with zero attached hydrogens (tertiary/aromatic N) is 1. The molecule has 0 aliphatic carbocycles. The maximum atomic E-state index is 12.0. The summed E-state index contributed by atoms with van der Waals surface area (Å²) in [5.74, 6) is 0.371. The molecule has 104 valence electrons. The minimum absolute atomic E-state index is 0.239. The largest absolute Gasteiger partial charge is 0.250 e. The van der Waals surface area contributed by atoms with Crippen LogP contribution in [0.5, 0.6) is 0 Å². The Morgan fingerprint density at radius 3 is 2.63 bits per heavy atom. The van der Waals surface area contributed by atoms with Crippen molar-refractivity contribution in [2.24, 2.45) is 0 Å². The SMILES string of the molecule is Cc1ccc(S(=O)(=O)NCc2csc(C(C)C)n2)s1. The second-order valence-corrected chi connectivity index (χ2v) is 8.69. The van der Waals surface area contributed by atoms with Gasteiger partial charge in [-0.05, 0) is 19.1 Å². The Morgan fingerprint density at radius 2 is 2.11 bits per heavy atom. The predicted molar refractivity (Wildman–Crippen MR) is 79.3 cm³/mol. The second-order valence-electron chi connectivity index (χ2n) is 4.52. The summed E-state index contributed by atoms with van der Waals surface area (Å²) in [6, 6.07) is 3.43. The summed E-state index contributed by atoms with van der Waals surface area (Å²) in [4.78, 5) is 5.39. The highest BCUT2D eigenvalue weighted by Gasteiger charge is 2.16. The molecule has 0 aliphatic heterocycles. The summed E-state index contributed by atoms with van der Waals surface area (Å²) in [7, 11) is -3.42. The van der Waals surface area contributed by atoms with Crippen molar-refractivity contribution in [1.29, 1.82) is 0 Å². The third-order valence-electron chi connectivity index (χ3n) is 2.49. The molecule has 2 rings (SSSR count). The third-order valence-corrected chi connectivity index (χ3v) is 6.58. The van der Waals surface area contributed by atoms with Crippen molar-refractivity contribution in [2.75, 3.05) is 0 Å². The number of aryl methyl sites for hydroxylation is 1. The lowest BCUT2D eigenvalue weighted by Crippen LogP contribution is -2.22. The van der Waals surface area contributed by atoms with Crippen molar-refractivity contribution < 1.29 is 8.42 Å². The van der Waals surface area contributed by atoms with Crippen LogP contribution in [-0.2, 0) is 16.6 Å². The van der Waals surface area contributed by atoms with Crippen LogP contribution in [0.25, 0.3) is 0 Å². The van der Waals surface area contributed by atoms with Crippen molar-refractivity contribution in [1.82, 2.24) is 9.71 Å². The Bertz CT molecular complexity index is 656. The van der Waals surface area contributed by atoms with Crippen LogP contribution in [0.3, 0.4) is 0 Å². The van der Waals surface area contributed by atoms with E-state index in [4.69, 9.17) is 0 Å². The van der Waals surface area contributed by atoms with E-state index in [9.17, 15) is 8.42 Å². The van der Waals surface area contributed by atoms with Crippen LogP contribution < -0.4 is 4.72 Å². The van der Waals surface area contributed by atoms with Crippen molar-refractivity contribution in [3.63, 3.8) is 0 Å². The van der Waals surface area contributed by atoms with E-state index < -0.39 is 10.0 Å². The lowest BCUT2D eigenvalue weighted by Gasteiger charge is -2.02. The van der Waals surface area contributed by atoms with Gasteiger partial charge >= 0.3 is 0 Å². The molecule has 4 nitrogen and oxygen atoms in total. The first-order valence-corrected chi connectivity index (χ1v) is 9.07. The molecule has 0 saturated heterocycles. The van der Waals surface area contributed by atoms with Crippen LogP contribution in [0.1, 0.15) is 35.3 Å².